The van der Waals surface area contributed by atoms with E-state index in [-0.39, 0.29) is 18.2 Å². The van der Waals surface area contributed by atoms with E-state index in [1.807, 2.05) is 36.6 Å². The molecular weight excluding hydrogens is 262 g/mol. The van der Waals surface area contributed by atoms with Gasteiger partial charge in [0.25, 0.3) is 5.91 Å². The molecule has 1 aromatic heterocycles. The van der Waals surface area contributed by atoms with Crippen LogP contribution in [0.2, 0.25) is 0 Å². The molecule has 0 bridgehead atoms. The van der Waals surface area contributed by atoms with Crippen LogP contribution in [0, 0.1) is 0 Å². The van der Waals surface area contributed by atoms with Gasteiger partial charge in [-0.1, -0.05) is 18.2 Å². The normalized spacial score (nSPS) is 14.2. The summed E-state index contributed by atoms with van der Waals surface area (Å²) in [7, 11) is 0. The number of rotatable bonds is 2. The third-order valence-corrected chi connectivity index (χ3v) is 3.68. The maximum atomic E-state index is 11.9. The number of nitrogens with zero attached hydrogens (tertiary/aromatic N) is 2. The summed E-state index contributed by atoms with van der Waals surface area (Å²) in [5.41, 5.74) is 1.93. The van der Waals surface area contributed by atoms with Gasteiger partial charge in [0.05, 0.1) is 23.4 Å². The number of hydrogen-bond donors (Lipinski definition) is 1. The highest BCUT2D eigenvalue weighted by atomic mass is 32.2. The highest BCUT2D eigenvalue weighted by Gasteiger charge is 2.30. The van der Waals surface area contributed by atoms with Crippen molar-refractivity contribution in [2.45, 2.75) is 11.4 Å². The topological polar surface area (TPSA) is 64.0 Å². The van der Waals surface area contributed by atoms with Crippen LogP contribution in [0.5, 0.6) is 0 Å². The molecule has 0 spiro atoms. The van der Waals surface area contributed by atoms with Crippen molar-refractivity contribution in [3.63, 3.8) is 0 Å². The molecule has 1 N–H and O–H groups in total. The summed E-state index contributed by atoms with van der Waals surface area (Å²) < 4.78 is 1.72. The molecule has 6 heteroatoms. The predicted molar refractivity (Wildman–Crippen MR) is 71.5 cm³/mol. The second-order valence-electron chi connectivity index (χ2n) is 4.13. The van der Waals surface area contributed by atoms with Gasteiger partial charge in [0.1, 0.15) is 5.03 Å². The predicted octanol–water partition coefficient (Wildman–Crippen LogP) is 1.41. The van der Waals surface area contributed by atoms with Crippen molar-refractivity contribution < 1.29 is 9.59 Å². The molecule has 5 nitrogen and oxygen atoms in total. The fourth-order valence-corrected chi connectivity index (χ4v) is 2.85. The minimum atomic E-state index is -0.363. The van der Waals surface area contributed by atoms with Crippen LogP contribution in [0.1, 0.15) is 16.1 Å². The molecule has 0 fully saturated rings. The Morgan fingerprint density at radius 3 is 2.68 bits per heavy atom. The Kier molecular flexibility index (Phi) is 2.87. The number of imide groups is 1. The van der Waals surface area contributed by atoms with E-state index < -0.39 is 0 Å². The molecule has 3 rings (SSSR count). The standard InChI is InChI=1S/C13H11N3O2S/c1-19-13-11-9(7-10(17)14-12(11)18)15-16(13)8-5-3-2-4-6-8/h2-6H,7H2,1H3,(H,14,17,18). The first-order valence-corrected chi connectivity index (χ1v) is 6.98. The maximum absolute atomic E-state index is 11.9. The van der Waals surface area contributed by atoms with E-state index in [1.54, 1.807) is 4.68 Å². The van der Waals surface area contributed by atoms with Crippen molar-refractivity contribution in [3.05, 3.63) is 41.6 Å². The summed E-state index contributed by atoms with van der Waals surface area (Å²) in [5, 5.41) is 7.49. The van der Waals surface area contributed by atoms with Gasteiger partial charge in [0.2, 0.25) is 5.91 Å². The average Bonchev–Trinajstić information content (AvgIpc) is 2.78. The number of thioether (sulfide) groups is 1. The minimum Gasteiger partial charge on any atom is -0.292 e. The van der Waals surface area contributed by atoms with Crippen molar-refractivity contribution in [2.75, 3.05) is 6.26 Å². The van der Waals surface area contributed by atoms with Crippen LogP contribution < -0.4 is 5.32 Å². The molecule has 1 aliphatic rings. The molecule has 2 amide bonds. The molecule has 0 saturated heterocycles. The van der Waals surface area contributed by atoms with Gasteiger partial charge < -0.3 is 0 Å². The Hall–Kier alpha value is -2.08. The zero-order valence-corrected chi connectivity index (χ0v) is 11.0. The van der Waals surface area contributed by atoms with Gasteiger partial charge in [-0.15, -0.1) is 11.8 Å². The van der Waals surface area contributed by atoms with Crippen molar-refractivity contribution in [1.29, 1.82) is 0 Å². The molecule has 2 heterocycles. The van der Waals surface area contributed by atoms with Crippen LogP contribution in [-0.2, 0) is 11.2 Å². The van der Waals surface area contributed by atoms with Gasteiger partial charge in [0, 0.05) is 0 Å². The maximum Gasteiger partial charge on any atom is 0.262 e. The van der Waals surface area contributed by atoms with Crippen LogP contribution in [0.25, 0.3) is 5.69 Å². The Labute approximate surface area is 114 Å². The lowest BCUT2D eigenvalue weighted by molar-refractivity contribution is -0.119. The summed E-state index contributed by atoms with van der Waals surface area (Å²) >= 11 is 1.44. The quantitative estimate of drug-likeness (QED) is 0.663. The summed E-state index contributed by atoms with van der Waals surface area (Å²) in [6.07, 6.45) is 2.04. The van der Waals surface area contributed by atoms with Crippen molar-refractivity contribution in [3.8, 4) is 5.69 Å². The van der Waals surface area contributed by atoms with Gasteiger partial charge in [-0.05, 0) is 18.4 Å². The number of fused-ring (bicyclic) bond motifs is 1. The molecule has 0 saturated carbocycles. The van der Waals surface area contributed by atoms with Crippen LogP contribution in [-0.4, -0.2) is 27.9 Å². The molecular formula is C13H11N3O2S. The number of carbonyl (C=O) groups is 2. The minimum absolute atomic E-state index is 0.147. The average molecular weight is 273 g/mol. The SMILES string of the molecule is CSc1c2c(nn1-c1ccccc1)CC(=O)NC2=O. The van der Waals surface area contributed by atoms with Crippen LogP contribution in [0.3, 0.4) is 0 Å². The van der Waals surface area contributed by atoms with Crippen LogP contribution in [0.15, 0.2) is 35.4 Å². The Morgan fingerprint density at radius 2 is 2.00 bits per heavy atom. The number of benzene rings is 1. The smallest absolute Gasteiger partial charge is 0.262 e. The summed E-state index contributed by atoms with van der Waals surface area (Å²) in [6.45, 7) is 0. The lowest BCUT2D eigenvalue weighted by Crippen LogP contribution is -2.37. The molecule has 1 aromatic carbocycles. The van der Waals surface area contributed by atoms with Crippen molar-refractivity contribution >= 4 is 23.6 Å². The first-order valence-electron chi connectivity index (χ1n) is 5.76. The Bertz CT molecular complexity index is 664. The second kappa shape index (κ2) is 4.55. The summed E-state index contributed by atoms with van der Waals surface area (Å²) in [5.74, 6) is -0.666. The zero-order chi connectivity index (χ0) is 13.4. The number of hydrogen-bond acceptors (Lipinski definition) is 4. The van der Waals surface area contributed by atoms with Gasteiger partial charge >= 0.3 is 0 Å². The van der Waals surface area contributed by atoms with Gasteiger partial charge in [-0.2, -0.15) is 5.10 Å². The number of para-hydroxylation sites is 1. The van der Waals surface area contributed by atoms with E-state index in [4.69, 9.17) is 0 Å². The van der Waals surface area contributed by atoms with Crippen molar-refractivity contribution in [2.24, 2.45) is 0 Å². The van der Waals surface area contributed by atoms with Gasteiger partial charge in [-0.3, -0.25) is 14.9 Å². The molecule has 0 atom stereocenters. The number of aromatic nitrogens is 2. The number of nitrogens with one attached hydrogen (secondary N) is 1. The zero-order valence-electron chi connectivity index (χ0n) is 10.2. The molecule has 0 unspecified atom stereocenters. The van der Waals surface area contributed by atoms with E-state index in [2.05, 4.69) is 10.4 Å². The monoisotopic (exact) mass is 273 g/mol. The van der Waals surface area contributed by atoms with Gasteiger partial charge in [-0.25, -0.2) is 4.68 Å². The first-order chi connectivity index (χ1) is 9.20. The first kappa shape index (κ1) is 12.0. The fourth-order valence-electron chi connectivity index (χ4n) is 2.12. The van der Waals surface area contributed by atoms with Gasteiger partial charge in [0.15, 0.2) is 0 Å². The summed E-state index contributed by atoms with van der Waals surface area (Å²) in [6, 6.07) is 9.56. The lowest BCUT2D eigenvalue weighted by Gasteiger charge is -2.10. The summed E-state index contributed by atoms with van der Waals surface area (Å²) in [4.78, 5) is 23.3. The molecule has 0 aliphatic carbocycles. The highest BCUT2D eigenvalue weighted by Crippen LogP contribution is 2.28. The van der Waals surface area contributed by atoms with Crippen LogP contribution >= 0.6 is 11.8 Å². The van der Waals surface area contributed by atoms with E-state index >= 15 is 0 Å². The number of carbonyl (C=O) groups excluding carboxylic acids is 2. The second-order valence-corrected chi connectivity index (χ2v) is 4.93. The van der Waals surface area contributed by atoms with E-state index in [0.29, 0.717) is 11.3 Å². The molecule has 96 valence electrons. The number of amides is 2. The lowest BCUT2D eigenvalue weighted by atomic mass is 10.1. The van der Waals surface area contributed by atoms with E-state index in [9.17, 15) is 9.59 Å². The Morgan fingerprint density at radius 1 is 1.26 bits per heavy atom. The molecule has 0 radical (unpaired) electrons. The fraction of sp³-hybridized carbons (Fsp3) is 0.154. The highest BCUT2D eigenvalue weighted by molar-refractivity contribution is 7.98. The van der Waals surface area contributed by atoms with E-state index in [1.165, 1.54) is 11.8 Å². The Balaban J connectivity index is 2.20. The van der Waals surface area contributed by atoms with E-state index in [0.717, 1.165) is 10.7 Å². The molecule has 1 aliphatic heterocycles. The van der Waals surface area contributed by atoms with Crippen LogP contribution in [0.4, 0.5) is 0 Å². The van der Waals surface area contributed by atoms with Crippen molar-refractivity contribution in [1.82, 2.24) is 15.1 Å². The molecule has 2 aromatic rings. The molecule has 19 heavy (non-hydrogen) atoms. The third kappa shape index (κ3) is 1.94. The largest absolute Gasteiger partial charge is 0.292 e. The third-order valence-electron chi connectivity index (χ3n) is 2.92.